The molecule has 0 fully saturated rings. The van der Waals surface area contributed by atoms with Gasteiger partial charge in [-0.1, -0.05) is 0 Å². The fourth-order valence-corrected chi connectivity index (χ4v) is 1.08. The van der Waals surface area contributed by atoms with Crippen molar-refractivity contribution in [2.24, 2.45) is 7.05 Å². The minimum atomic E-state index is 0. The van der Waals surface area contributed by atoms with E-state index in [2.05, 4.69) is 9.97 Å². The van der Waals surface area contributed by atoms with Crippen LogP contribution < -0.4 is 5.73 Å². The van der Waals surface area contributed by atoms with Gasteiger partial charge >= 0.3 is 0 Å². The Hall–Kier alpha value is -1.29. The molecule has 0 aromatic carbocycles. The number of nitrogens with zero attached hydrogens (tertiary/aromatic N) is 3. The molecule has 64 valence electrons. The Kier molecular flexibility index (Phi) is 2.19. The number of imidazole rings is 1. The third-order valence-corrected chi connectivity index (χ3v) is 1.67. The molecule has 2 heterocycles. The number of nitrogen functional groups attached to an aromatic ring is 1. The minimum absolute atomic E-state index is 0. The number of aryl methyl sites for hydroxylation is 1. The lowest BCUT2D eigenvalue weighted by molar-refractivity contribution is 0.947. The van der Waals surface area contributed by atoms with Crippen molar-refractivity contribution >= 4 is 29.3 Å². The Balaban J connectivity index is 0.000000720. The average Bonchev–Trinajstić information content (AvgIpc) is 2.35. The first kappa shape index (κ1) is 8.80. The molecule has 4 nitrogen and oxygen atoms in total. The molecule has 0 amide bonds. The summed E-state index contributed by atoms with van der Waals surface area (Å²) in [6, 6.07) is 1.89. The number of rotatable bonds is 0. The Labute approximate surface area is 75.8 Å². The van der Waals surface area contributed by atoms with E-state index in [4.69, 9.17) is 5.73 Å². The van der Waals surface area contributed by atoms with E-state index >= 15 is 0 Å². The zero-order valence-corrected chi connectivity index (χ0v) is 7.38. The van der Waals surface area contributed by atoms with Gasteiger partial charge in [-0.25, -0.2) is 9.97 Å². The maximum atomic E-state index is 5.58. The molecule has 5 heteroatoms. The van der Waals surface area contributed by atoms with Crippen LogP contribution in [0.4, 0.5) is 5.82 Å². The normalized spacial score (nSPS) is 9.75. The highest BCUT2D eigenvalue weighted by atomic mass is 35.5. The van der Waals surface area contributed by atoms with E-state index < -0.39 is 0 Å². The monoisotopic (exact) mass is 184 g/mol. The van der Waals surface area contributed by atoms with E-state index in [-0.39, 0.29) is 12.4 Å². The first-order valence-corrected chi connectivity index (χ1v) is 3.30. The van der Waals surface area contributed by atoms with Gasteiger partial charge in [-0.05, 0) is 6.07 Å². The fraction of sp³-hybridized carbons (Fsp3) is 0.143. The van der Waals surface area contributed by atoms with Gasteiger partial charge in [-0.15, -0.1) is 12.4 Å². The molecule has 0 aliphatic heterocycles. The molecule has 12 heavy (non-hydrogen) atoms. The second-order valence-electron chi connectivity index (χ2n) is 2.42. The predicted octanol–water partition coefficient (Wildman–Crippen LogP) is 0.972. The highest BCUT2D eigenvalue weighted by Crippen LogP contribution is 2.14. The van der Waals surface area contributed by atoms with Crippen molar-refractivity contribution in [2.45, 2.75) is 0 Å². The van der Waals surface area contributed by atoms with Crippen molar-refractivity contribution in [2.75, 3.05) is 5.73 Å². The number of aromatic nitrogens is 3. The smallest absolute Gasteiger partial charge is 0.151 e. The molecule has 0 saturated heterocycles. The highest BCUT2D eigenvalue weighted by Gasteiger charge is 2.01. The van der Waals surface area contributed by atoms with E-state index in [1.54, 1.807) is 12.5 Å². The Morgan fingerprint density at radius 1 is 1.42 bits per heavy atom. The second-order valence-corrected chi connectivity index (χ2v) is 2.42. The summed E-state index contributed by atoms with van der Waals surface area (Å²) in [5, 5.41) is 0. The van der Waals surface area contributed by atoms with Crippen LogP contribution in [0.2, 0.25) is 0 Å². The van der Waals surface area contributed by atoms with Crippen LogP contribution in [0.15, 0.2) is 18.6 Å². The van der Waals surface area contributed by atoms with Crippen molar-refractivity contribution in [1.82, 2.24) is 14.5 Å². The predicted molar refractivity (Wildman–Crippen MR) is 50.2 cm³/mol. The first-order valence-electron chi connectivity index (χ1n) is 3.30. The fourth-order valence-electron chi connectivity index (χ4n) is 1.08. The van der Waals surface area contributed by atoms with Crippen molar-refractivity contribution in [3.05, 3.63) is 18.6 Å². The molecule has 0 aliphatic rings. The SMILES string of the molecule is Cl.Cn1cnc2c(N)nccc21. The minimum Gasteiger partial charge on any atom is -0.382 e. The lowest BCUT2D eigenvalue weighted by Gasteiger charge is -1.94. The molecule has 2 aromatic rings. The molecule has 0 radical (unpaired) electrons. The lowest BCUT2D eigenvalue weighted by Crippen LogP contribution is -1.91. The number of nitrogens with two attached hydrogens (primary N) is 1. The van der Waals surface area contributed by atoms with Crippen molar-refractivity contribution in [3.8, 4) is 0 Å². The quantitative estimate of drug-likeness (QED) is 0.664. The summed E-state index contributed by atoms with van der Waals surface area (Å²) in [5.74, 6) is 0.489. The summed E-state index contributed by atoms with van der Waals surface area (Å²) in [5.41, 5.74) is 7.37. The summed E-state index contributed by atoms with van der Waals surface area (Å²) in [6.45, 7) is 0. The molecule has 0 bridgehead atoms. The Morgan fingerprint density at radius 2 is 2.17 bits per heavy atom. The van der Waals surface area contributed by atoms with Crippen molar-refractivity contribution < 1.29 is 0 Å². The van der Waals surface area contributed by atoms with E-state index in [0.29, 0.717) is 5.82 Å². The number of fused-ring (bicyclic) bond motifs is 1. The van der Waals surface area contributed by atoms with E-state index in [0.717, 1.165) is 11.0 Å². The molecular formula is C7H9ClN4. The largest absolute Gasteiger partial charge is 0.382 e. The average molecular weight is 185 g/mol. The summed E-state index contributed by atoms with van der Waals surface area (Å²) in [7, 11) is 1.93. The van der Waals surface area contributed by atoms with Crippen molar-refractivity contribution in [1.29, 1.82) is 0 Å². The molecule has 0 unspecified atom stereocenters. The van der Waals surface area contributed by atoms with Crippen LogP contribution in [0.3, 0.4) is 0 Å². The van der Waals surface area contributed by atoms with Gasteiger partial charge in [0.05, 0.1) is 11.8 Å². The number of hydrogen-bond donors (Lipinski definition) is 1. The van der Waals surface area contributed by atoms with Crippen LogP contribution in [-0.4, -0.2) is 14.5 Å². The maximum Gasteiger partial charge on any atom is 0.151 e. The van der Waals surface area contributed by atoms with E-state index in [9.17, 15) is 0 Å². The van der Waals surface area contributed by atoms with Gasteiger partial charge in [0.2, 0.25) is 0 Å². The number of halogens is 1. The van der Waals surface area contributed by atoms with Gasteiger partial charge in [0.1, 0.15) is 5.52 Å². The molecule has 2 N–H and O–H groups in total. The summed E-state index contributed by atoms with van der Waals surface area (Å²) in [6.07, 6.45) is 3.40. The van der Waals surface area contributed by atoms with Gasteiger partial charge in [0.15, 0.2) is 5.82 Å². The number of hydrogen-bond acceptors (Lipinski definition) is 3. The third kappa shape index (κ3) is 1.10. The van der Waals surface area contributed by atoms with Crippen molar-refractivity contribution in [3.63, 3.8) is 0 Å². The van der Waals surface area contributed by atoms with Crippen LogP contribution in [0, 0.1) is 0 Å². The molecule has 2 aromatic heterocycles. The van der Waals surface area contributed by atoms with Crippen LogP contribution >= 0.6 is 12.4 Å². The topological polar surface area (TPSA) is 56.7 Å². The Bertz CT molecular complexity index is 395. The zero-order chi connectivity index (χ0) is 7.84. The second kappa shape index (κ2) is 2.98. The molecule has 0 spiro atoms. The van der Waals surface area contributed by atoms with Crippen LogP contribution in [0.1, 0.15) is 0 Å². The number of pyridine rings is 1. The van der Waals surface area contributed by atoms with Gasteiger partial charge in [0, 0.05) is 13.2 Å². The van der Waals surface area contributed by atoms with Gasteiger partial charge in [0.25, 0.3) is 0 Å². The molecular weight excluding hydrogens is 176 g/mol. The van der Waals surface area contributed by atoms with E-state index in [1.807, 2.05) is 17.7 Å². The molecule has 2 rings (SSSR count). The Morgan fingerprint density at radius 3 is 2.83 bits per heavy atom. The van der Waals surface area contributed by atoms with Crippen LogP contribution in [0.5, 0.6) is 0 Å². The van der Waals surface area contributed by atoms with Crippen LogP contribution in [-0.2, 0) is 7.05 Å². The molecule has 0 atom stereocenters. The van der Waals surface area contributed by atoms with Gasteiger partial charge in [-0.3, -0.25) is 0 Å². The standard InChI is InChI=1S/C7H8N4.ClH/c1-11-4-10-6-5(11)2-3-9-7(6)8;/h2-4H,1H3,(H2,8,9);1H. The van der Waals surface area contributed by atoms with Gasteiger partial charge < -0.3 is 10.3 Å². The van der Waals surface area contributed by atoms with Crippen LogP contribution in [0.25, 0.3) is 11.0 Å². The first-order chi connectivity index (χ1) is 5.29. The number of anilines is 1. The maximum absolute atomic E-state index is 5.58. The molecule has 0 saturated carbocycles. The molecule has 0 aliphatic carbocycles. The third-order valence-electron chi connectivity index (χ3n) is 1.67. The summed E-state index contributed by atoms with van der Waals surface area (Å²) < 4.78 is 1.91. The van der Waals surface area contributed by atoms with Gasteiger partial charge in [-0.2, -0.15) is 0 Å². The highest BCUT2D eigenvalue weighted by molar-refractivity contribution is 5.85. The summed E-state index contributed by atoms with van der Waals surface area (Å²) in [4.78, 5) is 8.02. The van der Waals surface area contributed by atoms with E-state index in [1.165, 1.54) is 0 Å². The summed E-state index contributed by atoms with van der Waals surface area (Å²) >= 11 is 0. The lowest BCUT2D eigenvalue weighted by atomic mass is 10.4. The zero-order valence-electron chi connectivity index (χ0n) is 6.56.